The van der Waals surface area contributed by atoms with Crippen molar-refractivity contribution >= 4 is 39.9 Å². The molecule has 2 heterocycles. The molecular weight excluding hydrogens is 492 g/mol. The lowest BCUT2D eigenvalue weighted by molar-refractivity contribution is 0.0891. The Morgan fingerprint density at radius 2 is 1.03 bits per heavy atom. The summed E-state index contributed by atoms with van der Waals surface area (Å²) in [4.78, 5) is 43.3. The zero-order chi connectivity index (χ0) is 27.4. The van der Waals surface area contributed by atoms with Gasteiger partial charge >= 0.3 is 0 Å². The normalized spacial score (nSPS) is 13.5. The third kappa shape index (κ3) is 3.19. The summed E-state index contributed by atoms with van der Waals surface area (Å²) in [7, 11) is 0. The average molecular weight is 504 g/mol. The van der Waals surface area contributed by atoms with Crippen LogP contribution in [0.5, 0.6) is 0 Å². The fourth-order valence-corrected chi connectivity index (χ4v) is 5.15. The van der Waals surface area contributed by atoms with Crippen LogP contribution in [0.3, 0.4) is 0 Å². The molecule has 4 aromatic rings. The molecule has 0 aliphatic carbocycles. The van der Waals surface area contributed by atoms with Crippen molar-refractivity contribution in [3.63, 3.8) is 0 Å². The summed E-state index contributed by atoms with van der Waals surface area (Å²) >= 11 is 0. The standard InChI is InChI=1S/C30H12N6O3/c31-11-16-1-4-21(9-19(16)13-33)35-15-18-3-6-24-27-25(8-7-23(26(18)27)28(35)37)30(39)36(29(24)38)22-5-2-17(12-32)20(10-22)14-34/h1-10H,15H2. The van der Waals surface area contributed by atoms with E-state index in [9.17, 15) is 35.4 Å². The highest BCUT2D eigenvalue weighted by atomic mass is 16.2. The van der Waals surface area contributed by atoms with Gasteiger partial charge in [0.05, 0.1) is 34.5 Å². The molecule has 2 aliphatic rings. The van der Waals surface area contributed by atoms with E-state index < -0.39 is 11.8 Å². The number of hydrogen-bond acceptors (Lipinski definition) is 7. The van der Waals surface area contributed by atoms with Crippen molar-refractivity contribution in [1.29, 1.82) is 21.0 Å². The zero-order valence-corrected chi connectivity index (χ0v) is 19.9. The number of nitriles is 4. The Morgan fingerprint density at radius 1 is 0.538 bits per heavy atom. The second kappa shape index (κ2) is 8.39. The molecular formula is C30H12N6O3. The van der Waals surface area contributed by atoms with Crippen LogP contribution in [0.2, 0.25) is 0 Å². The first-order valence-electron chi connectivity index (χ1n) is 11.6. The van der Waals surface area contributed by atoms with E-state index in [1.54, 1.807) is 24.3 Å². The highest BCUT2D eigenvalue weighted by molar-refractivity contribution is 6.37. The van der Waals surface area contributed by atoms with E-state index in [1.807, 2.05) is 24.3 Å². The fraction of sp³-hybridized carbons (Fsp3) is 0.0333. The van der Waals surface area contributed by atoms with E-state index >= 15 is 0 Å². The summed E-state index contributed by atoms with van der Waals surface area (Å²) in [6.45, 7) is 0.135. The smallest absolute Gasteiger partial charge is 0.265 e. The molecule has 0 bridgehead atoms. The van der Waals surface area contributed by atoms with Gasteiger partial charge in [-0.2, -0.15) is 21.0 Å². The molecule has 0 saturated carbocycles. The maximum absolute atomic E-state index is 13.6. The van der Waals surface area contributed by atoms with Gasteiger partial charge in [0.1, 0.15) is 24.3 Å². The van der Waals surface area contributed by atoms with Gasteiger partial charge in [-0.1, -0.05) is 6.07 Å². The van der Waals surface area contributed by atoms with Gasteiger partial charge in [0.2, 0.25) is 0 Å². The SMILES string of the molecule is N#Cc1ccc(N2Cc3ccc4c5c(ccc(c35)C2=O)C(=O)N(c2ccc(C#N)c(C#N)c2)C4=O)cc1C#N. The van der Waals surface area contributed by atoms with Gasteiger partial charge in [-0.3, -0.25) is 14.4 Å². The third-order valence-electron chi connectivity index (χ3n) is 6.98. The van der Waals surface area contributed by atoms with Crippen LogP contribution in [0.1, 0.15) is 58.9 Å². The van der Waals surface area contributed by atoms with Crippen LogP contribution >= 0.6 is 0 Å². The van der Waals surface area contributed by atoms with Crippen molar-refractivity contribution in [2.24, 2.45) is 0 Å². The van der Waals surface area contributed by atoms with E-state index in [4.69, 9.17) is 0 Å². The summed E-state index contributed by atoms with van der Waals surface area (Å²) in [5, 5.41) is 38.2. The third-order valence-corrected chi connectivity index (χ3v) is 6.98. The monoisotopic (exact) mass is 504 g/mol. The number of carbonyl (C=O) groups is 3. The first-order valence-corrected chi connectivity index (χ1v) is 11.6. The van der Waals surface area contributed by atoms with Gasteiger partial charge in [-0.25, -0.2) is 4.90 Å². The van der Waals surface area contributed by atoms with Crippen LogP contribution in [0.15, 0.2) is 60.7 Å². The minimum Gasteiger partial charge on any atom is -0.304 e. The van der Waals surface area contributed by atoms with Gasteiger partial charge in [-0.05, 0) is 60.2 Å². The number of carbonyl (C=O) groups excluding carboxylic acids is 3. The van der Waals surface area contributed by atoms with Crippen molar-refractivity contribution in [2.75, 3.05) is 9.80 Å². The summed E-state index contributed by atoms with van der Waals surface area (Å²) in [6.07, 6.45) is 0. The van der Waals surface area contributed by atoms with Crippen molar-refractivity contribution in [1.82, 2.24) is 0 Å². The summed E-state index contributed by atoms with van der Waals surface area (Å²) < 4.78 is 0. The molecule has 3 amide bonds. The Hall–Kier alpha value is -6.29. The summed E-state index contributed by atoms with van der Waals surface area (Å²) in [5.74, 6) is -1.58. The molecule has 6 rings (SSSR count). The van der Waals surface area contributed by atoms with E-state index in [-0.39, 0.29) is 51.5 Å². The minimum absolute atomic E-state index is 0.0414. The predicted octanol–water partition coefficient (Wildman–Crippen LogP) is 4.29. The molecule has 0 unspecified atom stereocenters. The van der Waals surface area contributed by atoms with Crippen LogP contribution in [-0.2, 0) is 6.54 Å². The van der Waals surface area contributed by atoms with Crippen LogP contribution in [0, 0.1) is 45.3 Å². The molecule has 180 valence electrons. The minimum atomic E-state index is -0.606. The van der Waals surface area contributed by atoms with E-state index in [0.717, 1.165) is 4.90 Å². The first kappa shape index (κ1) is 23.1. The zero-order valence-electron chi connectivity index (χ0n) is 19.9. The number of benzene rings is 4. The van der Waals surface area contributed by atoms with Gasteiger partial charge in [0.15, 0.2) is 0 Å². The van der Waals surface area contributed by atoms with Gasteiger partial charge in [0, 0.05) is 33.2 Å². The predicted molar refractivity (Wildman–Crippen MR) is 137 cm³/mol. The highest BCUT2D eigenvalue weighted by Crippen LogP contribution is 2.40. The molecule has 9 nitrogen and oxygen atoms in total. The molecule has 2 aliphatic heterocycles. The Morgan fingerprint density at radius 3 is 1.59 bits per heavy atom. The molecule has 4 aromatic carbocycles. The fourth-order valence-electron chi connectivity index (χ4n) is 5.15. The van der Waals surface area contributed by atoms with Gasteiger partial charge in [-0.15, -0.1) is 0 Å². The lowest BCUT2D eigenvalue weighted by Gasteiger charge is -2.33. The highest BCUT2D eigenvalue weighted by Gasteiger charge is 2.38. The lowest BCUT2D eigenvalue weighted by atomic mass is 9.86. The van der Waals surface area contributed by atoms with E-state index in [2.05, 4.69) is 0 Å². The molecule has 9 heteroatoms. The number of rotatable bonds is 2. The molecule has 0 N–H and O–H groups in total. The van der Waals surface area contributed by atoms with Crippen molar-refractivity contribution in [3.8, 4) is 24.3 Å². The maximum Gasteiger partial charge on any atom is 0.265 e. The largest absolute Gasteiger partial charge is 0.304 e. The molecule has 0 saturated heterocycles. The molecule has 39 heavy (non-hydrogen) atoms. The Labute approximate surface area is 221 Å². The summed E-state index contributed by atoms with van der Waals surface area (Å²) in [6, 6.07) is 22.9. The number of hydrogen-bond donors (Lipinski definition) is 0. The van der Waals surface area contributed by atoms with Crippen LogP contribution in [-0.4, -0.2) is 17.7 Å². The Balaban J connectivity index is 1.48. The quantitative estimate of drug-likeness (QED) is 0.369. The Bertz CT molecular complexity index is 1990. The lowest BCUT2D eigenvalue weighted by Crippen LogP contribution is -2.41. The number of imide groups is 1. The van der Waals surface area contributed by atoms with E-state index in [0.29, 0.717) is 27.6 Å². The molecule has 0 fully saturated rings. The molecule has 0 aromatic heterocycles. The van der Waals surface area contributed by atoms with Crippen LogP contribution in [0.4, 0.5) is 11.4 Å². The van der Waals surface area contributed by atoms with Crippen LogP contribution < -0.4 is 9.80 Å². The average Bonchev–Trinajstić information content (AvgIpc) is 2.97. The number of amides is 3. The molecule has 0 spiro atoms. The maximum atomic E-state index is 13.6. The van der Waals surface area contributed by atoms with Crippen LogP contribution in [0.25, 0.3) is 10.8 Å². The topological polar surface area (TPSA) is 153 Å². The van der Waals surface area contributed by atoms with Gasteiger partial charge in [0.25, 0.3) is 17.7 Å². The summed E-state index contributed by atoms with van der Waals surface area (Å²) in [5.41, 5.74) is 2.62. The number of anilines is 2. The van der Waals surface area contributed by atoms with Crippen molar-refractivity contribution in [3.05, 3.63) is 105 Å². The number of nitrogens with zero attached hydrogens (tertiary/aromatic N) is 6. The Kier molecular flexibility index (Phi) is 4.97. The molecule has 0 atom stereocenters. The van der Waals surface area contributed by atoms with Crippen molar-refractivity contribution < 1.29 is 14.4 Å². The molecule has 0 radical (unpaired) electrons. The first-order chi connectivity index (χ1) is 18.9. The second-order valence-electron chi connectivity index (χ2n) is 8.93. The van der Waals surface area contributed by atoms with E-state index in [1.165, 1.54) is 41.3 Å². The second-order valence-corrected chi connectivity index (χ2v) is 8.93. The van der Waals surface area contributed by atoms with Crippen molar-refractivity contribution in [2.45, 2.75) is 6.54 Å². The van der Waals surface area contributed by atoms with Gasteiger partial charge < -0.3 is 4.90 Å².